The topological polar surface area (TPSA) is 72.0 Å². The molecule has 7 nitrogen and oxygen atoms in total. The largest absolute Gasteiger partial charge is 0.466 e. The third-order valence-corrected chi connectivity index (χ3v) is 4.61. The van der Waals surface area contributed by atoms with Crippen LogP contribution in [0.2, 0.25) is 0 Å². The van der Waals surface area contributed by atoms with Gasteiger partial charge >= 0.3 is 12.1 Å². The van der Waals surface area contributed by atoms with E-state index < -0.39 is 5.60 Å². The minimum absolute atomic E-state index is 0.111. The molecule has 156 valence electrons. The highest BCUT2D eigenvalue weighted by molar-refractivity contribution is 5.78. The summed E-state index contributed by atoms with van der Waals surface area (Å²) in [5.41, 5.74) is 1.32. The number of carbonyl (C=O) groups is 2. The molecule has 0 radical (unpaired) electrons. The molecule has 2 rings (SSSR count). The second-order valence-corrected chi connectivity index (χ2v) is 8.40. The number of esters is 1. The van der Waals surface area contributed by atoms with Crippen LogP contribution in [-0.2, 0) is 14.3 Å². The first-order valence-electron chi connectivity index (χ1n) is 9.97. The molecule has 7 heteroatoms. The van der Waals surface area contributed by atoms with Crippen molar-refractivity contribution in [3.8, 4) is 0 Å². The summed E-state index contributed by atoms with van der Waals surface area (Å²) in [6.45, 7) is 14.4. The Bertz CT molecular complexity index is 676. The minimum Gasteiger partial charge on any atom is -0.466 e. The smallest absolute Gasteiger partial charge is 0.410 e. The first-order valence-corrected chi connectivity index (χ1v) is 9.97. The van der Waals surface area contributed by atoms with E-state index in [1.165, 1.54) is 0 Å². The van der Waals surface area contributed by atoms with Gasteiger partial charge in [0.15, 0.2) is 0 Å². The van der Waals surface area contributed by atoms with Crippen LogP contribution in [0, 0.1) is 5.92 Å². The average Bonchev–Trinajstić information content (AvgIpc) is 2.61. The van der Waals surface area contributed by atoms with Gasteiger partial charge in [-0.1, -0.05) is 13.8 Å². The van der Waals surface area contributed by atoms with Crippen LogP contribution in [0.25, 0.3) is 0 Å². The van der Waals surface area contributed by atoms with E-state index in [2.05, 4.69) is 9.88 Å². The number of carbonyl (C=O) groups excluding carboxylic acids is 2. The summed E-state index contributed by atoms with van der Waals surface area (Å²) < 4.78 is 10.7. The molecule has 1 aliphatic heterocycles. The van der Waals surface area contributed by atoms with Gasteiger partial charge in [-0.15, -0.1) is 0 Å². The second-order valence-electron chi connectivity index (χ2n) is 8.40. The van der Waals surface area contributed by atoms with E-state index in [0.29, 0.717) is 32.8 Å². The molecule has 0 spiro atoms. The lowest BCUT2D eigenvalue weighted by atomic mass is 9.89. The van der Waals surface area contributed by atoms with Crippen LogP contribution in [0.5, 0.6) is 0 Å². The summed E-state index contributed by atoms with van der Waals surface area (Å²) in [4.78, 5) is 32.9. The molecule has 1 fully saturated rings. The van der Waals surface area contributed by atoms with Crippen molar-refractivity contribution < 1.29 is 19.1 Å². The summed E-state index contributed by atoms with van der Waals surface area (Å²) in [5, 5.41) is 0. The maximum absolute atomic E-state index is 12.4. The first kappa shape index (κ1) is 22.0. The van der Waals surface area contributed by atoms with Gasteiger partial charge in [0.1, 0.15) is 5.60 Å². The number of piperazine rings is 1. The molecule has 0 aliphatic carbocycles. The van der Waals surface area contributed by atoms with Crippen LogP contribution in [0.15, 0.2) is 18.5 Å². The van der Waals surface area contributed by atoms with Crippen LogP contribution < -0.4 is 4.90 Å². The Labute approximate surface area is 168 Å². The Morgan fingerprint density at radius 1 is 1.14 bits per heavy atom. The van der Waals surface area contributed by atoms with E-state index in [0.717, 1.165) is 11.3 Å². The fourth-order valence-electron chi connectivity index (χ4n) is 3.29. The molecule has 0 saturated carbocycles. The number of aromatic nitrogens is 1. The molecule has 0 N–H and O–H groups in total. The Balaban J connectivity index is 2.07. The highest BCUT2D eigenvalue weighted by atomic mass is 16.6. The summed E-state index contributed by atoms with van der Waals surface area (Å²) in [6.07, 6.45) is 3.26. The highest BCUT2D eigenvalue weighted by Crippen LogP contribution is 2.28. The molecule has 1 saturated heterocycles. The zero-order valence-electron chi connectivity index (χ0n) is 17.9. The third-order valence-electron chi connectivity index (χ3n) is 4.61. The van der Waals surface area contributed by atoms with Crippen molar-refractivity contribution in [1.82, 2.24) is 9.88 Å². The van der Waals surface area contributed by atoms with Gasteiger partial charge in [-0.25, -0.2) is 4.79 Å². The van der Waals surface area contributed by atoms with Crippen LogP contribution in [0.4, 0.5) is 10.5 Å². The van der Waals surface area contributed by atoms with Crippen molar-refractivity contribution in [2.75, 3.05) is 37.7 Å². The second kappa shape index (κ2) is 9.26. The van der Waals surface area contributed by atoms with Crippen molar-refractivity contribution >= 4 is 17.7 Å². The van der Waals surface area contributed by atoms with Crippen molar-refractivity contribution in [3.63, 3.8) is 0 Å². The van der Waals surface area contributed by atoms with Crippen LogP contribution in [0.3, 0.4) is 0 Å². The fourth-order valence-corrected chi connectivity index (χ4v) is 3.29. The van der Waals surface area contributed by atoms with E-state index in [-0.39, 0.29) is 23.9 Å². The van der Waals surface area contributed by atoms with Gasteiger partial charge in [0, 0.05) is 32.4 Å². The standard InChI is InChI=1S/C21H33N3O4/c1-7-27-19(25)18(15(2)3)16-12-17(14-22-13-16)23-8-10-24(11-9-23)20(26)28-21(4,5)6/h12-15,18H,7-11H2,1-6H3. The number of pyridine rings is 1. The van der Waals surface area contributed by atoms with Crippen molar-refractivity contribution in [3.05, 3.63) is 24.0 Å². The van der Waals surface area contributed by atoms with E-state index in [4.69, 9.17) is 9.47 Å². The molecule has 1 aliphatic rings. The van der Waals surface area contributed by atoms with E-state index in [1.54, 1.807) is 17.3 Å². The average molecular weight is 392 g/mol. The lowest BCUT2D eigenvalue weighted by Gasteiger charge is -2.36. The Kier molecular flexibility index (Phi) is 7.27. The highest BCUT2D eigenvalue weighted by Gasteiger charge is 2.28. The number of hydrogen-bond donors (Lipinski definition) is 0. The normalized spacial score (nSPS) is 16.1. The number of ether oxygens (including phenoxy) is 2. The fraction of sp³-hybridized carbons (Fsp3) is 0.667. The molecular weight excluding hydrogens is 358 g/mol. The Morgan fingerprint density at radius 3 is 2.32 bits per heavy atom. The van der Waals surface area contributed by atoms with Gasteiger partial charge < -0.3 is 19.3 Å². The molecule has 1 aromatic rings. The molecule has 1 amide bonds. The van der Waals surface area contributed by atoms with Gasteiger partial charge in [0.25, 0.3) is 0 Å². The molecule has 1 unspecified atom stereocenters. The summed E-state index contributed by atoms with van der Waals surface area (Å²) in [7, 11) is 0. The SMILES string of the molecule is CCOC(=O)C(c1cncc(N2CCN(C(=O)OC(C)(C)C)CC2)c1)C(C)C. The monoisotopic (exact) mass is 391 g/mol. The Hall–Kier alpha value is -2.31. The van der Waals surface area contributed by atoms with Crippen molar-refractivity contribution in [2.24, 2.45) is 5.92 Å². The van der Waals surface area contributed by atoms with Crippen LogP contribution >= 0.6 is 0 Å². The van der Waals surface area contributed by atoms with E-state index >= 15 is 0 Å². The zero-order chi connectivity index (χ0) is 20.9. The zero-order valence-corrected chi connectivity index (χ0v) is 17.9. The molecular formula is C21H33N3O4. The number of anilines is 1. The quantitative estimate of drug-likeness (QED) is 0.716. The molecule has 1 atom stereocenters. The molecule has 1 aromatic heterocycles. The van der Waals surface area contributed by atoms with Gasteiger partial charge in [-0.2, -0.15) is 0 Å². The lowest BCUT2D eigenvalue weighted by Crippen LogP contribution is -2.50. The summed E-state index contributed by atoms with van der Waals surface area (Å²) >= 11 is 0. The summed E-state index contributed by atoms with van der Waals surface area (Å²) in [6, 6.07) is 2.01. The summed E-state index contributed by atoms with van der Waals surface area (Å²) in [5.74, 6) is -0.443. The number of amides is 1. The number of hydrogen-bond acceptors (Lipinski definition) is 6. The molecule has 0 aromatic carbocycles. The number of rotatable bonds is 5. The lowest BCUT2D eigenvalue weighted by molar-refractivity contribution is -0.146. The molecule has 0 bridgehead atoms. The predicted molar refractivity (Wildman–Crippen MR) is 108 cm³/mol. The predicted octanol–water partition coefficient (Wildman–Crippen LogP) is 3.44. The van der Waals surface area contributed by atoms with E-state index in [9.17, 15) is 9.59 Å². The maximum Gasteiger partial charge on any atom is 0.410 e. The minimum atomic E-state index is -0.495. The first-order chi connectivity index (χ1) is 13.1. The van der Waals surface area contributed by atoms with E-state index in [1.807, 2.05) is 47.6 Å². The molecule has 28 heavy (non-hydrogen) atoms. The third kappa shape index (κ3) is 5.84. The van der Waals surface area contributed by atoms with Crippen molar-refractivity contribution in [1.29, 1.82) is 0 Å². The van der Waals surface area contributed by atoms with Gasteiger partial charge in [0.05, 0.1) is 24.4 Å². The van der Waals surface area contributed by atoms with Crippen LogP contribution in [-0.4, -0.2) is 60.3 Å². The number of nitrogens with zero attached hydrogens (tertiary/aromatic N) is 3. The van der Waals surface area contributed by atoms with Gasteiger partial charge in [-0.3, -0.25) is 9.78 Å². The molecule has 2 heterocycles. The van der Waals surface area contributed by atoms with Crippen molar-refractivity contribution in [2.45, 2.75) is 53.1 Å². The van der Waals surface area contributed by atoms with Gasteiger partial charge in [-0.05, 0) is 45.2 Å². The maximum atomic E-state index is 12.4. The van der Waals surface area contributed by atoms with Crippen LogP contribution in [0.1, 0.15) is 53.0 Å². The van der Waals surface area contributed by atoms with Gasteiger partial charge in [0.2, 0.25) is 0 Å². The Morgan fingerprint density at radius 2 is 1.79 bits per heavy atom.